The number of anilines is 1. The standard InChI is InChI=1S/C16H18ClFN2O/c1-21-10-11-4-2-3-5-13(11)16(9-19)20-15-8-12(18)6-7-14(15)17/h2-8,16,20H,9-10,19H2,1H3. The summed E-state index contributed by atoms with van der Waals surface area (Å²) in [6.45, 7) is 0.846. The molecule has 0 radical (unpaired) electrons. The van der Waals surface area contributed by atoms with Crippen molar-refractivity contribution < 1.29 is 9.13 Å². The van der Waals surface area contributed by atoms with E-state index in [9.17, 15) is 4.39 Å². The molecule has 0 aromatic heterocycles. The SMILES string of the molecule is COCc1ccccc1C(CN)Nc1cc(F)ccc1Cl. The largest absolute Gasteiger partial charge is 0.380 e. The van der Waals surface area contributed by atoms with Gasteiger partial charge in [0.25, 0.3) is 0 Å². The predicted octanol–water partition coefficient (Wildman–Crippen LogP) is 3.74. The number of nitrogens with one attached hydrogen (secondary N) is 1. The highest BCUT2D eigenvalue weighted by atomic mass is 35.5. The first-order chi connectivity index (χ1) is 10.2. The van der Waals surface area contributed by atoms with Crippen LogP contribution in [0, 0.1) is 5.82 Å². The molecule has 3 nitrogen and oxygen atoms in total. The molecule has 1 atom stereocenters. The Bertz CT molecular complexity index is 607. The van der Waals surface area contributed by atoms with E-state index in [2.05, 4.69) is 5.32 Å². The summed E-state index contributed by atoms with van der Waals surface area (Å²) < 4.78 is 18.6. The van der Waals surface area contributed by atoms with Crippen LogP contribution in [0.2, 0.25) is 5.02 Å². The van der Waals surface area contributed by atoms with Gasteiger partial charge in [-0.3, -0.25) is 0 Å². The quantitative estimate of drug-likeness (QED) is 0.854. The molecule has 0 bridgehead atoms. The molecule has 0 saturated heterocycles. The van der Waals surface area contributed by atoms with E-state index >= 15 is 0 Å². The van der Waals surface area contributed by atoms with Crippen molar-refractivity contribution in [3.63, 3.8) is 0 Å². The molecule has 5 heteroatoms. The van der Waals surface area contributed by atoms with Crippen LogP contribution >= 0.6 is 11.6 Å². The molecule has 0 aliphatic rings. The first-order valence-corrected chi connectivity index (χ1v) is 7.02. The second-order valence-electron chi connectivity index (χ2n) is 4.69. The fourth-order valence-corrected chi connectivity index (χ4v) is 2.39. The average Bonchev–Trinajstić information content (AvgIpc) is 2.49. The van der Waals surface area contributed by atoms with Crippen molar-refractivity contribution in [2.45, 2.75) is 12.6 Å². The highest BCUT2D eigenvalue weighted by Gasteiger charge is 2.15. The third kappa shape index (κ3) is 3.94. The Morgan fingerprint density at radius 3 is 2.76 bits per heavy atom. The van der Waals surface area contributed by atoms with Gasteiger partial charge in [0.2, 0.25) is 0 Å². The summed E-state index contributed by atoms with van der Waals surface area (Å²) in [5, 5.41) is 3.66. The Labute approximate surface area is 128 Å². The summed E-state index contributed by atoms with van der Waals surface area (Å²) in [4.78, 5) is 0. The Kier molecular flexibility index (Phi) is 5.56. The van der Waals surface area contributed by atoms with E-state index in [1.807, 2.05) is 24.3 Å². The number of halogens is 2. The molecule has 3 N–H and O–H groups in total. The number of methoxy groups -OCH3 is 1. The summed E-state index contributed by atoms with van der Waals surface area (Å²) in [5.41, 5.74) is 8.45. The van der Waals surface area contributed by atoms with Crippen molar-refractivity contribution in [2.24, 2.45) is 5.73 Å². The van der Waals surface area contributed by atoms with Crippen LogP contribution in [0.25, 0.3) is 0 Å². The van der Waals surface area contributed by atoms with Gasteiger partial charge < -0.3 is 15.8 Å². The van der Waals surface area contributed by atoms with Crippen LogP contribution < -0.4 is 11.1 Å². The molecular weight excluding hydrogens is 291 g/mol. The van der Waals surface area contributed by atoms with Crippen molar-refractivity contribution >= 4 is 17.3 Å². The summed E-state index contributed by atoms with van der Waals surface area (Å²) in [5.74, 6) is -0.345. The molecule has 2 aromatic carbocycles. The minimum absolute atomic E-state index is 0.171. The van der Waals surface area contributed by atoms with Gasteiger partial charge in [-0.2, -0.15) is 0 Å². The van der Waals surface area contributed by atoms with Gasteiger partial charge in [-0.25, -0.2) is 4.39 Å². The molecule has 0 aliphatic heterocycles. The zero-order valence-electron chi connectivity index (χ0n) is 11.8. The summed E-state index contributed by atoms with van der Waals surface area (Å²) in [6.07, 6.45) is 0. The molecule has 0 spiro atoms. The lowest BCUT2D eigenvalue weighted by atomic mass is 10.0. The van der Waals surface area contributed by atoms with Crippen molar-refractivity contribution in [1.29, 1.82) is 0 Å². The molecule has 2 rings (SSSR count). The van der Waals surface area contributed by atoms with Crippen LogP contribution in [0.5, 0.6) is 0 Å². The monoisotopic (exact) mass is 308 g/mol. The van der Waals surface area contributed by atoms with Gasteiger partial charge in [0.15, 0.2) is 0 Å². The van der Waals surface area contributed by atoms with Crippen molar-refractivity contribution in [3.05, 3.63) is 64.4 Å². The molecular formula is C16H18ClFN2O. The summed E-state index contributed by atoms with van der Waals surface area (Å²) in [7, 11) is 1.64. The zero-order chi connectivity index (χ0) is 15.2. The number of benzene rings is 2. The molecule has 1 unspecified atom stereocenters. The molecule has 112 valence electrons. The number of nitrogens with two attached hydrogens (primary N) is 1. The summed E-state index contributed by atoms with van der Waals surface area (Å²) >= 11 is 6.09. The van der Waals surface area contributed by atoms with Gasteiger partial charge in [0.1, 0.15) is 5.82 Å². The smallest absolute Gasteiger partial charge is 0.125 e. The second kappa shape index (κ2) is 7.41. The normalized spacial score (nSPS) is 12.2. The average molecular weight is 309 g/mol. The number of ether oxygens (including phenoxy) is 1. The lowest BCUT2D eigenvalue weighted by molar-refractivity contribution is 0.184. The van der Waals surface area contributed by atoms with Gasteiger partial charge in [-0.15, -0.1) is 0 Å². The van der Waals surface area contributed by atoms with Gasteiger partial charge in [0, 0.05) is 13.7 Å². The van der Waals surface area contributed by atoms with Crippen LogP contribution in [-0.2, 0) is 11.3 Å². The fourth-order valence-electron chi connectivity index (χ4n) is 2.22. The fraction of sp³-hybridized carbons (Fsp3) is 0.250. The van der Waals surface area contributed by atoms with E-state index in [0.717, 1.165) is 11.1 Å². The van der Waals surface area contributed by atoms with Crippen LogP contribution in [0.3, 0.4) is 0 Å². The van der Waals surface area contributed by atoms with Crippen molar-refractivity contribution in [1.82, 2.24) is 0 Å². The van der Waals surface area contributed by atoms with E-state index in [1.165, 1.54) is 18.2 Å². The lowest BCUT2D eigenvalue weighted by Crippen LogP contribution is -2.22. The van der Waals surface area contributed by atoms with Gasteiger partial charge in [-0.1, -0.05) is 35.9 Å². The maximum absolute atomic E-state index is 13.4. The van der Waals surface area contributed by atoms with Crippen LogP contribution in [0.15, 0.2) is 42.5 Å². The molecule has 0 fully saturated rings. The van der Waals surface area contributed by atoms with Crippen LogP contribution in [-0.4, -0.2) is 13.7 Å². The van der Waals surface area contributed by atoms with Gasteiger partial charge in [0.05, 0.1) is 23.4 Å². The van der Waals surface area contributed by atoms with E-state index in [-0.39, 0.29) is 11.9 Å². The van der Waals surface area contributed by atoms with Crippen molar-refractivity contribution in [2.75, 3.05) is 19.0 Å². The maximum atomic E-state index is 13.4. The highest BCUT2D eigenvalue weighted by Crippen LogP contribution is 2.28. The first-order valence-electron chi connectivity index (χ1n) is 6.64. The maximum Gasteiger partial charge on any atom is 0.125 e. The zero-order valence-corrected chi connectivity index (χ0v) is 12.5. The van der Waals surface area contributed by atoms with E-state index < -0.39 is 0 Å². The lowest BCUT2D eigenvalue weighted by Gasteiger charge is -2.22. The van der Waals surface area contributed by atoms with E-state index in [0.29, 0.717) is 23.9 Å². The molecule has 0 aliphatic carbocycles. The Morgan fingerprint density at radius 1 is 1.29 bits per heavy atom. The molecule has 0 heterocycles. The molecule has 0 saturated carbocycles. The topological polar surface area (TPSA) is 47.3 Å². The highest BCUT2D eigenvalue weighted by molar-refractivity contribution is 6.33. The van der Waals surface area contributed by atoms with Gasteiger partial charge >= 0.3 is 0 Å². The third-order valence-corrected chi connectivity index (χ3v) is 3.55. The second-order valence-corrected chi connectivity index (χ2v) is 5.10. The van der Waals surface area contributed by atoms with E-state index in [1.54, 1.807) is 7.11 Å². The van der Waals surface area contributed by atoms with Crippen LogP contribution in [0.1, 0.15) is 17.2 Å². The minimum atomic E-state index is -0.345. The summed E-state index contributed by atoms with van der Waals surface area (Å²) in [6, 6.07) is 11.9. The number of hydrogen-bond acceptors (Lipinski definition) is 3. The Hall–Kier alpha value is -1.62. The number of hydrogen-bond donors (Lipinski definition) is 2. The van der Waals surface area contributed by atoms with Crippen molar-refractivity contribution in [3.8, 4) is 0 Å². The number of rotatable bonds is 6. The van der Waals surface area contributed by atoms with Crippen LogP contribution in [0.4, 0.5) is 10.1 Å². The van der Waals surface area contributed by atoms with Gasteiger partial charge in [-0.05, 0) is 29.3 Å². The predicted molar refractivity (Wildman–Crippen MR) is 84.0 cm³/mol. The molecule has 2 aromatic rings. The minimum Gasteiger partial charge on any atom is -0.380 e. The Morgan fingerprint density at radius 2 is 2.05 bits per heavy atom. The molecule has 21 heavy (non-hydrogen) atoms. The molecule has 0 amide bonds. The Balaban J connectivity index is 2.30. The first kappa shape index (κ1) is 15.8. The van der Waals surface area contributed by atoms with E-state index in [4.69, 9.17) is 22.1 Å². The third-order valence-electron chi connectivity index (χ3n) is 3.22.